The SMILES string of the molecule is CCCNc1cccc(NCC2(C)CC2)n1. The van der Waals surface area contributed by atoms with Crippen LogP contribution in [0.5, 0.6) is 0 Å². The molecule has 0 bridgehead atoms. The maximum Gasteiger partial charge on any atom is 0.128 e. The monoisotopic (exact) mass is 219 g/mol. The van der Waals surface area contributed by atoms with Gasteiger partial charge in [0, 0.05) is 13.1 Å². The minimum Gasteiger partial charge on any atom is -0.370 e. The Labute approximate surface area is 97.7 Å². The molecule has 0 aromatic carbocycles. The van der Waals surface area contributed by atoms with Crippen LogP contribution >= 0.6 is 0 Å². The lowest BCUT2D eigenvalue weighted by Crippen LogP contribution is -2.13. The van der Waals surface area contributed by atoms with Gasteiger partial charge in [-0.1, -0.05) is 19.9 Å². The molecule has 3 nitrogen and oxygen atoms in total. The van der Waals surface area contributed by atoms with E-state index < -0.39 is 0 Å². The van der Waals surface area contributed by atoms with Crippen molar-refractivity contribution in [2.45, 2.75) is 33.1 Å². The van der Waals surface area contributed by atoms with Crippen LogP contribution in [0.25, 0.3) is 0 Å². The first kappa shape index (κ1) is 11.2. The van der Waals surface area contributed by atoms with Gasteiger partial charge in [-0.2, -0.15) is 0 Å². The van der Waals surface area contributed by atoms with Gasteiger partial charge in [0.05, 0.1) is 0 Å². The van der Waals surface area contributed by atoms with Gasteiger partial charge < -0.3 is 10.6 Å². The van der Waals surface area contributed by atoms with Crippen molar-refractivity contribution in [1.29, 1.82) is 0 Å². The first-order valence-electron chi connectivity index (χ1n) is 6.17. The highest BCUT2D eigenvalue weighted by molar-refractivity contribution is 5.45. The molecule has 0 radical (unpaired) electrons. The summed E-state index contributed by atoms with van der Waals surface area (Å²) in [6, 6.07) is 6.09. The van der Waals surface area contributed by atoms with Crippen molar-refractivity contribution in [3.8, 4) is 0 Å². The molecule has 0 spiro atoms. The molecule has 0 aliphatic heterocycles. The van der Waals surface area contributed by atoms with E-state index >= 15 is 0 Å². The lowest BCUT2D eigenvalue weighted by atomic mass is 10.1. The van der Waals surface area contributed by atoms with Gasteiger partial charge in [0.25, 0.3) is 0 Å². The Morgan fingerprint density at radius 3 is 2.56 bits per heavy atom. The number of anilines is 2. The van der Waals surface area contributed by atoms with E-state index in [1.54, 1.807) is 0 Å². The zero-order valence-corrected chi connectivity index (χ0v) is 10.2. The van der Waals surface area contributed by atoms with Gasteiger partial charge in [0.1, 0.15) is 11.6 Å². The summed E-state index contributed by atoms with van der Waals surface area (Å²) >= 11 is 0. The van der Waals surface area contributed by atoms with Gasteiger partial charge >= 0.3 is 0 Å². The minimum atomic E-state index is 0.522. The van der Waals surface area contributed by atoms with E-state index in [0.717, 1.165) is 31.1 Å². The summed E-state index contributed by atoms with van der Waals surface area (Å²) in [5.41, 5.74) is 0.522. The summed E-state index contributed by atoms with van der Waals surface area (Å²) in [5, 5.41) is 6.71. The number of hydrogen-bond donors (Lipinski definition) is 2. The van der Waals surface area contributed by atoms with E-state index in [1.807, 2.05) is 18.2 Å². The average Bonchev–Trinajstić information content (AvgIpc) is 3.03. The number of rotatable bonds is 6. The van der Waals surface area contributed by atoms with Gasteiger partial charge in [-0.15, -0.1) is 0 Å². The van der Waals surface area contributed by atoms with E-state index in [0.29, 0.717) is 5.41 Å². The van der Waals surface area contributed by atoms with Crippen molar-refractivity contribution in [3.63, 3.8) is 0 Å². The van der Waals surface area contributed by atoms with Gasteiger partial charge in [0.2, 0.25) is 0 Å². The molecular formula is C13H21N3. The largest absolute Gasteiger partial charge is 0.370 e. The van der Waals surface area contributed by atoms with Gasteiger partial charge in [-0.05, 0) is 36.8 Å². The molecule has 1 aliphatic carbocycles. The second-order valence-electron chi connectivity index (χ2n) is 5.00. The average molecular weight is 219 g/mol. The van der Waals surface area contributed by atoms with E-state index in [2.05, 4.69) is 29.5 Å². The second-order valence-corrected chi connectivity index (χ2v) is 5.00. The van der Waals surface area contributed by atoms with Crippen molar-refractivity contribution in [1.82, 2.24) is 4.98 Å². The summed E-state index contributed by atoms with van der Waals surface area (Å²) in [6.45, 7) is 6.49. The first-order chi connectivity index (χ1) is 7.72. The molecule has 0 atom stereocenters. The van der Waals surface area contributed by atoms with Crippen molar-refractivity contribution >= 4 is 11.6 Å². The quantitative estimate of drug-likeness (QED) is 0.772. The van der Waals surface area contributed by atoms with E-state index in [9.17, 15) is 0 Å². The van der Waals surface area contributed by atoms with Crippen molar-refractivity contribution in [2.24, 2.45) is 5.41 Å². The second kappa shape index (κ2) is 4.73. The zero-order chi connectivity index (χ0) is 11.4. The van der Waals surface area contributed by atoms with Crippen LogP contribution in [0.15, 0.2) is 18.2 Å². The smallest absolute Gasteiger partial charge is 0.128 e. The van der Waals surface area contributed by atoms with Crippen molar-refractivity contribution in [2.75, 3.05) is 23.7 Å². The number of nitrogens with zero attached hydrogens (tertiary/aromatic N) is 1. The van der Waals surface area contributed by atoms with Crippen LogP contribution in [0, 0.1) is 5.41 Å². The van der Waals surface area contributed by atoms with Crippen LogP contribution in [0.2, 0.25) is 0 Å². The summed E-state index contributed by atoms with van der Waals surface area (Å²) < 4.78 is 0. The first-order valence-corrected chi connectivity index (χ1v) is 6.17. The third kappa shape index (κ3) is 3.12. The van der Waals surface area contributed by atoms with Crippen LogP contribution in [-0.2, 0) is 0 Å². The molecule has 1 aromatic heterocycles. The maximum atomic E-state index is 4.52. The molecule has 0 saturated heterocycles. The number of pyridine rings is 1. The standard InChI is InChI=1S/C13H21N3/c1-3-9-14-11-5-4-6-12(16-11)15-10-13(2)7-8-13/h4-6H,3,7-10H2,1-2H3,(H2,14,15,16). The fraction of sp³-hybridized carbons (Fsp3) is 0.615. The molecule has 16 heavy (non-hydrogen) atoms. The minimum absolute atomic E-state index is 0.522. The molecule has 1 heterocycles. The predicted molar refractivity (Wildman–Crippen MR) is 68.8 cm³/mol. The topological polar surface area (TPSA) is 37.0 Å². The van der Waals surface area contributed by atoms with Crippen LogP contribution in [-0.4, -0.2) is 18.1 Å². The molecule has 2 rings (SSSR count). The van der Waals surface area contributed by atoms with Gasteiger partial charge in [-0.25, -0.2) is 4.98 Å². The Morgan fingerprint density at radius 1 is 1.25 bits per heavy atom. The molecular weight excluding hydrogens is 198 g/mol. The highest BCUT2D eigenvalue weighted by Crippen LogP contribution is 2.44. The Hall–Kier alpha value is -1.25. The fourth-order valence-electron chi connectivity index (χ4n) is 1.58. The Morgan fingerprint density at radius 2 is 1.94 bits per heavy atom. The van der Waals surface area contributed by atoms with Crippen LogP contribution in [0.1, 0.15) is 33.1 Å². The third-order valence-electron chi connectivity index (χ3n) is 3.11. The lowest BCUT2D eigenvalue weighted by Gasteiger charge is -2.11. The van der Waals surface area contributed by atoms with Crippen LogP contribution in [0.4, 0.5) is 11.6 Å². The zero-order valence-electron chi connectivity index (χ0n) is 10.2. The highest BCUT2D eigenvalue weighted by atomic mass is 15.1. The Balaban J connectivity index is 1.88. The molecule has 2 N–H and O–H groups in total. The Kier molecular flexibility index (Phi) is 3.32. The van der Waals surface area contributed by atoms with Crippen LogP contribution in [0.3, 0.4) is 0 Å². The lowest BCUT2D eigenvalue weighted by molar-refractivity contribution is 0.609. The summed E-state index contributed by atoms with van der Waals surface area (Å²) in [4.78, 5) is 4.52. The maximum absolute atomic E-state index is 4.52. The van der Waals surface area contributed by atoms with Gasteiger partial charge in [0.15, 0.2) is 0 Å². The van der Waals surface area contributed by atoms with Gasteiger partial charge in [-0.3, -0.25) is 0 Å². The van der Waals surface area contributed by atoms with E-state index in [1.165, 1.54) is 12.8 Å². The number of nitrogens with one attached hydrogen (secondary N) is 2. The number of hydrogen-bond acceptors (Lipinski definition) is 3. The molecule has 3 heteroatoms. The van der Waals surface area contributed by atoms with Crippen molar-refractivity contribution in [3.05, 3.63) is 18.2 Å². The molecule has 1 saturated carbocycles. The molecule has 1 fully saturated rings. The van der Waals surface area contributed by atoms with Crippen molar-refractivity contribution < 1.29 is 0 Å². The van der Waals surface area contributed by atoms with Crippen LogP contribution < -0.4 is 10.6 Å². The molecule has 0 unspecified atom stereocenters. The normalized spacial score (nSPS) is 16.9. The molecule has 1 aromatic rings. The molecule has 88 valence electrons. The summed E-state index contributed by atoms with van der Waals surface area (Å²) in [7, 11) is 0. The highest BCUT2D eigenvalue weighted by Gasteiger charge is 2.36. The predicted octanol–water partition coefficient (Wildman–Crippen LogP) is 3.12. The third-order valence-corrected chi connectivity index (χ3v) is 3.11. The fourth-order valence-corrected chi connectivity index (χ4v) is 1.58. The Bertz CT molecular complexity index is 345. The summed E-state index contributed by atoms with van der Waals surface area (Å²) in [5.74, 6) is 1.95. The molecule has 1 aliphatic rings. The summed E-state index contributed by atoms with van der Waals surface area (Å²) in [6.07, 6.45) is 3.80. The number of aromatic nitrogens is 1. The molecule has 0 amide bonds. The van der Waals surface area contributed by atoms with E-state index in [-0.39, 0.29) is 0 Å². The van der Waals surface area contributed by atoms with E-state index in [4.69, 9.17) is 0 Å².